The number of alkyl halides is 9. The fraction of sp³-hybridized carbons (Fsp3) is 0.517. The fourth-order valence-electron chi connectivity index (χ4n) is 5.47. The van der Waals surface area contributed by atoms with Gasteiger partial charge in [0.2, 0.25) is 0 Å². The van der Waals surface area contributed by atoms with Gasteiger partial charge in [0.25, 0.3) is 0 Å². The zero-order valence-corrected chi connectivity index (χ0v) is 24.1. The molecule has 0 aromatic heterocycles. The first-order valence-corrected chi connectivity index (χ1v) is 13.8. The Balaban J connectivity index is 1.87. The second-order valence-electron chi connectivity index (χ2n) is 11.1. The SMILES string of the molecule is COC(=O)N(Cc1cc(C(F)(F)F)cc(C(F)(F)F)c1)[C@H]1C[C@@H](C2CCC2)N(OC(=O)OC(C)C)c2ccc(C(F)(F)F)cc21. The van der Waals surface area contributed by atoms with Gasteiger partial charge in [-0.25, -0.2) is 9.59 Å². The van der Waals surface area contributed by atoms with Crippen molar-refractivity contribution in [3.8, 4) is 0 Å². The highest BCUT2D eigenvalue weighted by Gasteiger charge is 2.46. The third kappa shape index (κ3) is 7.69. The van der Waals surface area contributed by atoms with Crippen LogP contribution in [-0.2, 0) is 39.4 Å². The van der Waals surface area contributed by atoms with E-state index in [-0.39, 0.29) is 29.7 Å². The maximum atomic E-state index is 13.9. The van der Waals surface area contributed by atoms with Crippen LogP contribution in [0.15, 0.2) is 36.4 Å². The van der Waals surface area contributed by atoms with Crippen molar-refractivity contribution in [1.82, 2.24) is 4.90 Å². The zero-order valence-electron chi connectivity index (χ0n) is 24.1. The Hall–Kier alpha value is -3.85. The van der Waals surface area contributed by atoms with Crippen LogP contribution in [0.1, 0.15) is 73.4 Å². The smallest absolute Gasteiger partial charge is 0.453 e. The lowest BCUT2D eigenvalue weighted by molar-refractivity contribution is -0.143. The first kappa shape index (κ1) is 34.0. The van der Waals surface area contributed by atoms with Gasteiger partial charge in [-0.2, -0.15) is 44.6 Å². The van der Waals surface area contributed by atoms with Gasteiger partial charge in [0.1, 0.15) is 0 Å². The minimum Gasteiger partial charge on any atom is -0.453 e. The van der Waals surface area contributed by atoms with E-state index in [4.69, 9.17) is 14.3 Å². The molecule has 1 saturated carbocycles. The molecule has 0 saturated heterocycles. The summed E-state index contributed by atoms with van der Waals surface area (Å²) in [6.45, 7) is 2.22. The normalized spacial score (nSPS) is 19.1. The Morgan fingerprint density at radius 1 is 0.889 bits per heavy atom. The third-order valence-electron chi connectivity index (χ3n) is 7.70. The minimum atomic E-state index is -5.18. The van der Waals surface area contributed by atoms with Crippen LogP contribution >= 0.6 is 0 Å². The van der Waals surface area contributed by atoms with Crippen molar-refractivity contribution in [3.05, 3.63) is 64.2 Å². The highest BCUT2D eigenvalue weighted by atomic mass is 19.4. The molecule has 7 nitrogen and oxygen atoms in total. The predicted octanol–water partition coefficient (Wildman–Crippen LogP) is 8.91. The number of rotatable bonds is 6. The molecule has 2 atom stereocenters. The van der Waals surface area contributed by atoms with Gasteiger partial charge in [0, 0.05) is 12.1 Å². The van der Waals surface area contributed by atoms with Gasteiger partial charge in [0.15, 0.2) is 0 Å². The molecule has 2 aromatic carbocycles. The van der Waals surface area contributed by atoms with Crippen molar-refractivity contribution < 1.29 is 63.4 Å². The summed E-state index contributed by atoms with van der Waals surface area (Å²) in [5.41, 5.74) is -5.28. The van der Waals surface area contributed by atoms with Crippen LogP contribution in [0.25, 0.3) is 0 Å². The van der Waals surface area contributed by atoms with E-state index in [1.165, 1.54) is 0 Å². The molecule has 0 N–H and O–H groups in total. The largest absolute Gasteiger partial charge is 0.533 e. The molecule has 2 aromatic rings. The van der Waals surface area contributed by atoms with Gasteiger partial charge in [0.05, 0.1) is 47.7 Å². The van der Waals surface area contributed by atoms with Gasteiger partial charge in [-0.15, -0.1) is 0 Å². The number of carbonyl (C=O) groups excluding carboxylic acids is 2. The molecule has 248 valence electrons. The van der Waals surface area contributed by atoms with E-state index in [0.717, 1.165) is 35.6 Å². The number of anilines is 1. The predicted molar refractivity (Wildman–Crippen MR) is 140 cm³/mol. The van der Waals surface area contributed by atoms with Crippen LogP contribution in [0, 0.1) is 5.92 Å². The minimum absolute atomic E-state index is 0.0641. The molecule has 0 radical (unpaired) electrons. The Kier molecular flexibility index (Phi) is 9.46. The average Bonchev–Trinajstić information content (AvgIpc) is 2.89. The Morgan fingerprint density at radius 3 is 1.93 bits per heavy atom. The zero-order chi connectivity index (χ0) is 33.5. The lowest BCUT2D eigenvalue weighted by Gasteiger charge is -2.48. The van der Waals surface area contributed by atoms with Crippen molar-refractivity contribution in [2.75, 3.05) is 12.2 Å². The maximum Gasteiger partial charge on any atom is 0.533 e. The van der Waals surface area contributed by atoms with E-state index in [0.29, 0.717) is 31.0 Å². The van der Waals surface area contributed by atoms with Gasteiger partial charge in [-0.1, -0.05) is 6.42 Å². The van der Waals surface area contributed by atoms with Gasteiger partial charge < -0.3 is 14.3 Å². The first-order chi connectivity index (χ1) is 20.8. The van der Waals surface area contributed by atoms with Crippen LogP contribution in [0.4, 0.5) is 54.8 Å². The number of hydroxylamine groups is 1. The molecule has 1 fully saturated rings. The highest BCUT2D eigenvalue weighted by molar-refractivity contribution is 5.71. The molecule has 4 rings (SSSR count). The van der Waals surface area contributed by atoms with E-state index >= 15 is 0 Å². The van der Waals surface area contributed by atoms with Crippen molar-refractivity contribution >= 4 is 17.9 Å². The number of benzene rings is 2. The van der Waals surface area contributed by atoms with Gasteiger partial charge in [-0.3, -0.25) is 4.90 Å². The van der Waals surface area contributed by atoms with Crippen molar-refractivity contribution in [2.45, 2.75) is 82.8 Å². The van der Waals surface area contributed by atoms with Crippen molar-refractivity contribution in [2.24, 2.45) is 5.92 Å². The number of hydrogen-bond donors (Lipinski definition) is 0. The van der Waals surface area contributed by atoms with Gasteiger partial charge in [-0.05, 0) is 81.0 Å². The standard InChI is InChI=1S/C29H29F9N2O5/c1-15(2)44-26(42)45-40-22-8-7-18(27(30,31)32)12-21(22)24(13-23(40)17-5-4-6-17)39(25(41)43-3)14-16-9-19(28(33,34)35)11-20(10-16)29(36,37)38/h7-12,15,17,23-24H,4-6,13-14H2,1-3H3/t23-,24-/m0/s1. The summed E-state index contributed by atoms with van der Waals surface area (Å²) in [6.07, 6.45) is -16.4. The molecule has 1 aliphatic carbocycles. The van der Waals surface area contributed by atoms with Crippen LogP contribution in [-0.4, -0.2) is 36.4 Å². The molecule has 0 unspecified atom stereocenters. The van der Waals surface area contributed by atoms with Crippen LogP contribution in [0.2, 0.25) is 0 Å². The topological polar surface area (TPSA) is 68.3 Å². The Morgan fingerprint density at radius 2 is 1.47 bits per heavy atom. The number of halogens is 9. The number of fused-ring (bicyclic) bond motifs is 1. The summed E-state index contributed by atoms with van der Waals surface area (Å²) in [4.78, 5) is 31.9. The first-order valence-electron chi connectivity index (χ1n) is 13.8. The molecule has 1 heterocycles. The molecular weight excluding hydrogens is 627 g/mol. The van der Waals surface area contributed by atoms with Gasteiger partial charge >= 0.3 is 30.8 Å². The second kappa shape index (κ2) is 12.5. The quantitative estimate of drug-likeness (QED) is 0.229. The maximum absolute atomic E-state index is 13.9. The summed E-state index contributed by atoms with van der Waals surface area (Å²) >= 11 is 0. The van der Waals surface area contributed by atoms with Crippen LogP contribution in [0.3, 0.4) is 0 Å². The Labute approximate surface area is 251 Å². The number of hydrogen-bond acceptors (Lipinski definition) is 6. The second-order valence-corrected chi connectivity index (χ2v) is 11.1. The molecule has 2 aliphatic rings. The third-order valence-corrected chi connectivity index (χ3v) is 7.70. The summed E-state index contributed by atoms with van der Waals surface area (Å²) in [5, 5.41) is 1.11. The lowest BCUT2D eigenvalue weighted by Crippen LogP contribution is -2.51. The molecule has 0 spiro atoms. The number of methoxy groups -OCH3 is 1. The van der Waals surface area contributed by atoms with E-state index in [9.17, 15) is 49.1 Å². The van der Waals surface area contributed by atoms with Crippen LogP contribution in [0.5, 0.6) is 0 Å². The van der Waals surface area contributed by atoms with E-state index < -0.39 is 77.8 Å². The Bertz CT molecular complexity index is 1370. The number of ether oxygens (including phenoxy) is 2. The number of amides is 1. The lowest BCUT2D eigenvalue weighted by atomic mass is 9.74. The number of carbonyl (C=O) groups is 2. The fourth-order valence-corrected chi connectivity index (χ4v) is 5.47. The summed E-state index contributed by atoms with van der Waals surface area (Å²) in [7, 11) is 0.916. The number of nitrogens with zero attached hydrogens (tertiary/aromatic N) is 2. The molecule has 16 heteroatoms. The average molecular weight is 657 g/mol. The molecule has 45 heavy (non-hydrogen) atoms. The highest BCUT2D eigenvalue weighted by Crippen LogP contribution is 2.49. The van der Waals surface area contributed by atoms with E-state index in [1.807, 2.05) is 0 Å². The molecular formula is C29H29F9N2O5. The summed E-state index contributed by atoms with van der Waals surface area (Å²) in [6, 6.07) is 1.16. The molecule has 0 bridgehead atoms. The summed E-state index contributed by atoms with van der Waals surface area (Å²) < 4.78 is 133. The molecule has 1 aliphatic heterocycles. The van der Waals surface area contributed by atoms with Crippen molar-refractivity contribution in [1.29, 1.82) is 0 Å². The molecule has 1 amide bonds. The monoisotopic (exact) mass is 656 g/mol. The summed E-state index contributed by atoms with van der Waals surface area (Å²) in [5.74, 6) is -0.181. The van der Waals surface area contributed by atoms with Crippen molar-refractivity contribution in [3.63, 3.8) is 0 Å². The van der Waals surface area contributed by atoms with E-state index in [2.05, 4.69) is 0 Å². The van der Waals surface area contributed by atoms with E-state index in [1.54, 1.807) is 13.8 Å². The van der Waals surface area contributed by atoms with Crippen LogP contribution < -0.4 is 5.06 Å².